The molecular formula is C14H16N2O2. The summed E-state index contributed by atoms with van der Waals surface area (Å²) in [5.41, 5.74) is 1.18. The summed E-state index contributed by atoms with van der Waals surface area (Å²) in [6.07, 6.45) is 4.40. The molecule has 0 radical (unpaired) electrons. The number of allylic oxidation sites excluding steroid dienone is 1. The normalized spacial score (nSPS) is 15.6. The van der Waals surface area contributed by atoms with E-state index >= 15 is 0 Å². The van der Waals surface area contributed by atoms with E-state index in [1.54, 1.807) is 11.0 Å². The van der Waals surface area contributed by atoms with Crippen LogP contribution in [0, 0.1) is 0 Å². The summed E-state index contributed by atoms with van der Waals surface area (Å²) in [5, 5.41) is 2.64. The van der Waals surface area contributed by atoms with Crippen LogP contribution in [-0.2, 0) is 4.79 Å². The Labute approximate surface area is 106 Å². The van der Waals surface area contributed by atoms with Crippen LogP contribution in [0.15, 0.2) is 36.0 Å². The lowest BCUT2D eigenvalue weighted by atomic mass is 10.2. The Hall–Kier alpha value is -2.10. The Morgan fingerprint density at radius 3 is 2.44 bits per heavy atom. The van der Waals surface area contributed by atoms with Gasteiger partial charge in [-0.25, -0.2) is 4.79 Å². The molecule has 0 aromatic heterocycles. The highest BCUT2D eigenvalue weighted by molar-refractivity contribution is 5.89. The third-order valence-electron chi connectivity index (χ3n) is 2.89. The molecule has 1 N–H and O–H groups in total. The molecule has 18 heavy (non-hydrogen) atoms. The van der Waals surface area contributed by atoms with E-state index in [9.17, 15) is 9.59 Å². The number of hydrogen-bond acceptors (Lipinski definition) is 2. The fourth-order valence-electron chi connectivity index (χ4n) is 1.95. The molecule has 0 aliphatic carbocycles. The average molecular weight is 244 g/mol. The number of nitrogens with zero attached hydrogens (tertiary/aromatic N) is 1. The minimum absolute atomic E-state index is 0.193. The van der Waals surface area contributed by atoms with Crippen LogP contribution in [0.4, 0.5) is 4.79 Å². The van der Waals surface area contributed by atoms with E-state index in [1.807, 2.05) is 30.3 Å². The molecule has 94 valence electrons. The summed E-state index contributed by atoms with van der Waals surface area (Å²) in [6, 6.07) is 9.24. The van der Waals surface area contributed by atoms with Gasteiger partial charge in [-0.1, -0.05) is 30.3 Å². The van der Waals surface area contributed by atoms with E-state index in [1.165, 1.54) is 0 Å². The lowest BCUT2D eigenvalue weighted by Crippen LogP contribution is -2.37. The Morgan fingerprint density at radius 2 is 1.83 bits per heavy atom. The molecule has 1 saturated heterocycles. The van der Waals surface area contributed by atoms with Crippen LogP contribution >= 0.6 is 0 Å². The molecule has 0 saturated carbocycles. The third kappa shape index (κ3) is 3.20. The first-order valence-electron chi connectivity index (χ1n) is 6.07. The molecule has 0 bridgehead atoms. The average Bonchev–Trinajstić information content (AvgIpc) is 2.93. The van der Waals surface area contributed by atoms with Crippen LogP contribution < -0.4 is 5.32 Å². The molecule has 4 nitrogen and oxygen atoms in total. The number of likely N-dealkylation sites (tertiary alicyclic amines) is 1. The van der Waals surface area contributed by atoms with Gasteiger partial charge in [0.1, 0.15) is 0 Å². The van der Waals surface area contributed by atoms with Gasteiger partial charge >= 0.3 is 6.03 Å². The summed E-state index contributed by atoms with van der Waals surface area (Å²) in [6.45, 7) is 1.53. The molecule has 0 spiro atoms. The Bertz CT molecular complexity index is 448. The van der Waals surface area contributed by atoms with Gasteiger partial charge in [0.25, 0.3) is 0 Å². The molecule has 1 heterocycles. The van der Waals surface area contributed by atoms with Crippen molar-refractivity contribution in [1.29, 1.82) is 0 Å². The smallest absolute Gasteiger partial charge is 0.321 e. The number of carbonyl (C=O) groups excluding carboxylic acids is 2. The van der Waals surface area contributed by atoms with Gasteiger partial charge in [-0.2, -0.15) is 0 Å². The van der Waals surface area contributed by atoms with Gasteiger partial charge in [-0.05, 0) is 24.5 Å². The number of urea groups is 1. The second kappa shape index (κ2) is 6.00. The summed E-state index contributed by atoms with van der Waals surface area (Å²) >= 11 is 0. The summed E-state index contributed by atoms with van der Waals surface area (Å²) in [5.74, 6) is 0. The highest BCUT2D eigenvalue weighted by Gasteiger charge is 2.18. The first-order chi connectivity index (χ1) is 8.79. The van der Waals surface area contributed by atoms with Crippen LogP contribution in [-0.4, -0.2) is 30.3 Å². The Morgan fingerprint density at radius 1 is 1.17 bits per heavy atom. The second-order valence-electron chi connectivity index (χ2n) is 4.25. The van der Waals surface area contributed by atoms with Crippen molar-refractivity contribution < 1.29 is 9.59 Å². The molecule has 4 heteroatoms. The SMILES string of the molecule is O=CC(=Cc1ccccc1)NC(=O)N1CCCC1. The van der Waals surface area contributed by atoms with Crippen LogP contribution in [0.1, 0.15) is 18.4 Å². The standard InChI is InChI=1S/C14H16N2O2/c17-11-13(10-12-6-2-1-3-7-12)15-14(18)16-8-4-5-9-16/h1-3,6-7,10-11H,4-5,8-9H2,(H,15,18). The molecule has 1 aliphatic heterocycles. The first-order valence-corrected chi connectivity index (χ1v) is 6.07. The van der Waals surface area contributed by atoms with E-state index in [0.29, 0.717) is 6.29 Å². The van der Waals surface area contributed by atoms with Gasteiger partial charge in [0.15, 0.2) is 6.29 Å². The maximum absolute atomic E-state index is 11.8. The highest BCUT2D eigenvalue weighted by atomic mass is 16.2. The fraction of sp³-hybridized carbons (Fsp3) is 0.286. The van der Waals surface area contributed by atoms with Crippen molar-refractivity contribution in [3.05, 3.63) is 41.6 Å². The minimum atomic E-state index is -0.193. The predicted octanol–water partition coefficient (Wildman–Crippen LogP) is 2.03. The lowest BCUT2D eigenvalue weighted by Gasteiger charge is -2.15. The van der Waals surface area contributed by atoms with Gasteiger partial charge in [0.2, 0.25) is 0 Å². The van der Waals surface area contributed by atoms with Crippen molar-refractivity contribution in [1.82, 2.24) is 10.2 Å². The quantitative estimate of drug-likeness (QED) is 0.653. The number of nitrogens with one attached hydrogen (secondary N) is 1. The van der Waals surface area contributed by atoms with Gasteiger partial charge in [-0.15, -0.1) is 0 Å². The maximum Gasteiger partial charge on any atom is 0.321 e. The Balaban J connectivity index is 2.03. The van der Waals surface area contributed by atoms with E-state index in [2.05, 4.69) is 5.32 Å². The highest BCUT2D eigenvalue weighted by Crippen LogP contribution is 2.08. The van der Waals surface area contributed by atoms with Crippen molar-refractivity contribution >= 4 is 18.4 Å². The van der Waals surface area contributed by atoms with Gasteiger partial charge < -0.3 is 10.2 Å². The molecule has 0 atom stereocenters. The molecule has 2 amide bonds. The summed E-state index contributed by atoms with van der Waals surface area (Å²) in [7, 11) is 0. The molecular weight excluding hydrogens is 228 g/mol. The number of rotatable bonds is 3. The van der Waals surface area contributed by atoms with Gasteiger partial charge in [0.05, 0.1) is 5.70 Å². The number of aldehydes is 1. The largest absolute Gasteiger partial charge is 0.325 e. The van der Waals surface area contributed by atoms with Crippen molar-refractivity contribution in [2.24, 2.45) is 0 Å². The van der Waals surface area contributed by atoms with Crippen molar-refractivity contribution in [2.75, 3.05) is 13.1 Å². The third-order valence-corrected chi connectivity index (χ3v) is 2.89. The topological polar surface area (TPSA) is 49.4 Å². The monoisotopic (exact) mass is 244 g/mol. The zero-order valence-electron chi connectivity index (χ0n) is 10.1. The van der Waals surface area contributed by atoms with E-state index in [-0.39, 0.29) is 11.7 Å². The predicted molar refractivity (Wildman–Crippen MR) is 69.8 cm³/mol. The van der Waals surface area contributed by atoms with Gasteiger partial charge in [0, 0.05) is 13.1 Å². The number of hydrogen-bond donors (Lipinski definition) is 1. The lowest BCUT2D eigenvalue weighted by molar-refractivity contribution is -0.105. The van der Waals surface area contributed by atoms with Crippen molar-refractivity contribution in [3.8, 4) is 0 Å². The first kappa shape index (κ1) is 12.4. The second-order valence-corrected chi connectivity index (χ2v) is 4.25. The zero-order valence-corrected chi connectivity index (χ0v) is 10.1. The molecule has 1 fully saturated rings. The van der Waals surface area contributed by atoms with Crippen molar-refractivity contribution in [2.45, 2.75) is 12.8 Å². The van der Waals surface area contributed by atoms with Crippen LogP contribution in [0.25, 0.3) is 6.08 Å². The van der Waals surface area contributed by atoms with Crippen molar-refractivity contribution in [3.63, 3.8) is 0 Å². The van der Waals surface area contributed by atoms with Crippen LogP contribution in [0.3, 0.4) is 0 Å². The molecule has 0 unspecified atom stereocenters. The van der Waals surface area contributed by atoms with Crippen LogP contribution in [0.2, 0.25) is 0 Å². The minimum Gasteiger partial charge on any atom is -0.325 e. The summed E-state index contributed by atoms with van der Waals surface area (Å²) in [4.78, 5) is 24.5. The van der Waals surface area contributed by atoms with E-state index < -0.39 is 0 Å². The number of benzene rings is 1. The van der Waals surface area contributed by atoms with E-state index in [0.717, 1.165) is 31.5 Å². The number of amides is 2. The van der Waals surface area contributed by atoms with Gasteiger partial charge in [-0.3, -0.25) is 4.79 Å². The number of carbonyl (C=O) groups is 2. The van der Waals surface area contributed by atoms with Crippen LogP contribution in [0.5, 0.6) is 0 Å². The maximum atomic E-state index is 11.8. The zero-order chi connectivity index (χ0) is 12.8. The molecule has 1 aromatic rings. The fourth-order valence-corrected chi connectivity index (χ4v) is 1.95. The summed E-state index contributed by atoms with van der Waals surface area (Å²) < 4.78 is 0. The Kier molecular flexibility index (Phi) is 4.12. The molecule has 1 aromatic carbocycles. The van der Waals surface area contributed by atoms with E-state index in [4.69, 9.17) is 0 Å². The molecule has 1 aliphatic rings. The molecule has 2 rings (SSSR count).